The van der Waals surface area contributed by atoms with Gasteiger partial charge < -0.3 is 9.64 Å². The number of carbonyl (C=O) groups is 3. The highest BCUT2D eigenvalue weighted by Gasteiger charge is 2.33. The lowest BCUT2D eigenvalue weighted by Crippen LogP contribution is -2.48. The number of amides is 1. The molecule has 1 unspecified atom stereocenters. The maximum Gasteiger partial charge on any atom is 0.338 e. The molecule has 0 spiro atoms. The molecule has 1 aliphatic heterocycles. The first-order valence-corrected chi connectivity index (χ1v) is 13.3. The average molecular weight is 566 g/mol. The third kappa shape index (κ3) is 7.02. The Balaban J connectivity index is 1.57. The van der Waals surface area contributed by atoms with Crippen LogP contribution in [0.25, 0.3) is 5.57 Å². The number of Topliss-reactive ketones (excluding diaryl/α,β-unsaturated/α-hetero) is 1. The Kier molecular flexibility index (Phi) is 8.84. The Labute approximate surface area is 237 Å². The Morgan fingerprint density at radius 2 is 1.65 bits per heavy atom. The summed E-state index contributed by atoms with van der Waals surface area (Å²) in [6.07, 6.45) is 1.65. The van der Waals surface area contributed by atoms with Crippen molar-refractivity contribution >= 4 is 34.8 Å². The summed E-state index contributed by atoms with van der Waals surface area (Å²) in [5.41, 5.74) is 1.17. The van der Waals surface area contributed by atoms with Gasteiger partial charge in [-0.15, -0.1) is 0 Å². The topological polar surface area (TPSA) is 63.7 Å². The molecule has 0 radical (unpaired) electrons. The van der Waals surface area contributed by atoms with Crippen LogP contribution in [0, 0.1) is 11.6 Å². The van der Waals surface area contributed by atoms with Gasteiger partial charge in [-0.1, -0.05) is 54.1 Å². The summed E-state index contributed by atoms with van der Waals surface area (Å²) >= 11 is 5.85. The molecule has 1 atom stereocenters. The SMILES string of the molecule is CC(C)(C)OC(=O)c1ccc(CC(=O)C(Cc2ccccc2)N2CCC(c3c(F)ccc(Cl)c3F)=CC2=O)cc1. The second kappa shape index (κ2) is 12.1. The molecular weight excluding hydrogens is 536 g/mol. The predicted molar refractivity (Wildman–Crippen MR) is 150 cm³/mol. The molecule has 3 aromatic rings. The van der Waals surface area contributed by atoms with E-state index in [9.17, 15) is 23.2 Å². The fraction of sp³-hybridized carbons (Fsp3) is 0.281. The number of halogens is 3. The number of esters is 1. The number of carbonyl (C=O) groups excluding carboxylic acids is 3. The Morgan fingerprint density at radius 1 is 0.975 bits per heavy atom. The highest BCUT2D eigenvalue weighted by Crippen LogP contribution is 2.32. The average Bonchev–Trinajstić information content (AvgIpc) is 2.90. The number of ketones is 1. The maximum atomic E-state index is 14.6. The first-order valence-electron chi connectivity index (χ1n) is 13.0. The van der Waals surface area contributed by atoms with Gasteiger partial charge in [0.05, 0.1) is 22.2 Å². The van der Waals surface area contributed by atoms with Crippen molar-refractivity contribution in [2.75, 3.05) is 6.54 Å². The fourth-order valence-corrected chi connectivity index (χ4v) is 4.79. The van der Waals surface area contributed by atoms with Crippen molar-refractivity contribution in [3.05, 3.63) is 112 Å². The Morgan fingerprint density at radius 3 is 2.27 bits per heavy atom. The molecule has 0 aromatic heterocycles. The van der Waals surface area contributed by atoms with Crippen molar-refractivity contribution in [2.45, 2.75) is 51.7 Å². The van der Waals surface area contributed by atoms with Gasteiger partial charge in [0, 0.05) is 19.0 Å². The van der Waals surface area contributed by atoms with E-state index in [1.807, 2.05) is 30.3 Å². The normalized spacial score (nSPS) is 14.5. The summed E-state index contributed by atoms with van der Waals surface area (Å²) in [5.74, 6) is -2.88. The van der Waals surface area contributed by atoms with E-state index in [4.69, 9.17) is 16.3 Å². The third-order valence-electron chi connectivity index (χ3n) is 6.55. The predicted octanol–water partition coefficient (Wildman–Crippen LogP) is 6.61. The molecule has 0 saturated heterocycles. The van der Waals surface area contributed by atoms with E-state index < -0.39 is 35.2 Å². The van der Waals surface area contributed by atoms with Crippen LogP contribution in [0.2, 0.25) is 5.02 Å². The van der Waals surface area contributed by atoms with E-state index in [0.717, 1.165) is 17.7 Å². The standard InChI is InChI=1S/C32H30ClF2NO4/c1-32(2,3)40-31(39)22-11-9-21(10-12-22)18-27(37)26(17-20-7-5-4-6-8-20)36-16-15-23(19-28(36)38)29-25(34)14-13-24(33)30(29)35/h4-14,19,26H,15-18H2,1-3H3. The van der Waals surface area contributed by atoms with Gasteiger partial charge in [0.25, 0.3) is 0 Å². The smallest absolute Gasteiger partial charge is 0.338 e. The van der Waals surface area contributed by atoms with Crippen LogP contribution in [0.3, 0.4) is 0 Å². The van der Waals surface area contributed by atoms with Crippen molar-refractivity contribution in [2.24, 2.45) is 0 Å². The third-order valence-corrected chi connectivity index (χ3v) is 6.85. The zero-order valence-electron chi connectivity index (χ0n) is 22.5. The number of hydrogen-bond donors (Lipinski definition) is 0. The van der Waals surface area contributed by atoms with Crippen molar-refractivity contribution in [3.63, 3.8) is 0 Å². The van der Waals surface area contributed by atoms with E-state index in [2.05, 4.69) is 0 Å². The molecule has 208 valence electrons. The minimum absolute atomic E-state index is 0.0317. The molecule has 0 bridgehead atoms. The van der Waals surface area contributed by atoms with Crippen LogP contribution < -0.4 is 0 Å². The molecule has 3 aromatic carbocycles. The number of nitrogens with zero attached hydrogens (tertiary/aromatic N) is 1. The molecule has 0 aliphatic carbocycles. The maximum absolute atomic E-state index is 14.6. The molecule has 0 fully saturated rings. The first-order chi connectivity index (χ1) is 18.9. The van der Waals surface area contributed by atoms with Gasteiger partial charge in [-0.2, -0.15) is 0 Å². The molecule has 40 heavy (non-hydrogen) atoms. The lowest BCUT2D eigenvalue weighted by atomic mass is 9.92. The van der Waals surface area contributed by atoms with Crippen LogP contribution in [0.15, 0.2) is 72.8 Å². The molecule has 5 nitrogen and oxygen atoms in total. The van der Waals surface area contributed by atoms with Gasteiger partial charge in [0.1, 0.15) is 11.4 Å². The zero-order valence-corrected chi connectivity index (χ0v) is 23.3. The van der Waals surface area contributed by atoms with Crippen molar-refractivity contribution in [1.82, 2.24) is 4.90 Å². The highest BCUT2D eigenvalue weighted by molar-refractivity contribution is 6.31. The zero-order chi connectivity index (χ0) is 29.0. The van der Waals surface area contributed by atoms with Gasteiger partial charge in [-0.3, -0.25) is 9.59 Å². The fourth-order valence-electron chi connectivity index (χ4n) is 4.63. The number of ether oxygens (including phenoxy) is 1. The summed E-state index contributed by atoms with van der Waals surface area (Å²) in [6, 6.07) is 17.3. The lowest BCUT2D eigenvalue weighted by molar-refractivity contribution is -0.136. The molecule has 1 aliphatic rings. The van der Waals surface area contributed by atoms with Crippen molar-refractivity contribution in [1.29, 1.82) is 0 Å². The summed E-state index contributed by atoms with van der Waals surface area (Å²) in [4.78, 5) is 40.7. The van der Waals surface area contributed by atoms with Crippen LogP contribution in [0.4, 0.5) is 8.78 Å². The summed E-state index contributed by atoms with van der Waals surface area (Å²) in [5, 5.41) is -0.234. The molecule has 8 heteroatoms. The second-order valence-corrected chi connectivity index (χ2v) is 11.1. The molecule has 1 amide bonds. The number of hydrogen-bond acceptors (Lipinski definition) is 4. The van der Waals surface area contributed by atoms with Crippen molar-refractivity contribution in [3.8, 4) is 0 Å². The molecular formula is C32H30ClF2NO4. The van der Waals surface area contributed by atoms with Crippen LogP contribution in [-0.4, -0.2) is 40.7 Å². The number of benzene rings is 3. The molecule has 1 heterocycles. The number of rotatable bonds is 8. The van der Waals surface area contributed by atoms with Crippen LogP contribution in [0.5, 0.6) is 0 Å². The van der Waals surface area contributed by atoms with E-state index in [1.54, 1.807) is 45.0 Å². The minimum Gasteiger partial charge on any atom is -0.456 e. The van der Waals surface area contributed by atoms with Gasteiger partial charge in [-0.25, -0.2) is 13.6 Å². The van der Waals surface area contributed by atoms with E-state index >= 15 is 0 Å². The highest BCUT2D eigenvalue weighted by atomic mass is 35.5. The monoisotopic (exact) mass is 565 g/mol. The van der Waals surface area contributed by atoms with Crippen molar-refractivity contribution < 1.29 is 27.9 Å². The van der Waals surface area contributed by atoms with Gasteiger partial charge >= 0.3 is 5.97 Å². The van der Waals surface area contributed by atoms with Crippen LogP contribution in [0.1, 0.15) is 54.2 Å². The lowest BCUT2D eigenvalue weighted by Gasteiger charge is -2.33. The van der Waals surface area contributed by atoms with E-state index in [-0.39, 0.29) is 47.7 Å². The van der Waals surface area contributed by atoms with E-state index in [1.165, 1.54) is 11.0 Å². The van der Waals surface area contributed by atoms with Gasteiger partial charge in [0.15, 0.2) is 11.6 Å². The van der Waals surface area contributed by atoms with Crippen LogP contribution in [-0.2, 0) is 27.2 Å². The molecule has 4 rings (SSSR count). The first kappa shape index (κ1) is 29.2. The largest absolute Gasteiger partial charge is 0.456 e. The summed E-state index contributed by atoms with van der Waals surface area (Å²) < 4.78 is 34.5. The quantitative estimate of drug-likeness (QED) is 0.228. The Hall–Kier alpha value is -3.84. The molecule has 0 N–H and O–H groups in total. The minimum atomic E-state index is -0.916. The van der Waals surface area contributed by atoms with Crippen LogP contribution >= 0.6 is 11.6 Å². The second-order valence-electron chi connectivity index (χ2n) is 10.7. The van der Waals surface area contributed by atoms with Gasteiger partial charge in [-0.05, 0) is 74.6 Å². The molecule has 0 saturated carbocycles. The Bertz CT molecular complexity index is 1450. The van der Waals surface area contributed by atoms with E-state index in [0.29, 0.717) is 11.1 Å². The summed E-state index contributed by atoms with van der Waals surface area (Å²) in [7, 11) is 0. The summed E-state index contributed by atoms with van der Waals surface area (Å²) in [6.45, 7) is 5.46. The van der Waals surface area contributed by atoms with Gasteiger partial charge in [0.2, 0.25) is 5.91 Å².